The van der Waals surface area contributed by atoms with E-state index in [4.69, 9.17) is 8.85 Å². The van der Waals surface area contributed by atoms with Gasteiger partial charge in [0.25, 0.3) is 0 Å². The normalized spacial score (nSPS) is 19.5. The molecule has 0 atom stereocenters. The third-order valence-electron chi connectivity index (χ3n) is 2.15. The van der Waals surface area contributed by atoms with Crippen LogP contribution in [0.25, 0.3) is 0 Å². The Balaban J connectivity index is 2.19. The van der Waals surface area contributed by atoms with Crippen LogP contribution in [-0.2, 0) is 8.85 Å². The fourth-order valence-corrected chi connectivity index (χ4v) is 2.14. The van der Waals surface area contributed by atoms with E-state index < -0.39 is 9.28 Å². The molecule has 0 aliphatic heterocycles. The molecule has 0 bridgehead atoms. The topological polar surface area (TPSA) is 18.5 Å². The highest BCUT2D eigenvalue weighted by Crippen LogP contribution is 2.27. The van der Waals surface area contributed by atoms with Crippen molar-refractivity contribution >= 4 is 9.28 Å². The van der Waals surface area contributed by atoms with E-state index in [1.807, 2.05) is 0 Å². The molecular weight excluding hydrogens is 156 g/mol. The molecule has 1 rings (SSSR count). The highest BCUT2D eigenvalue weighted by molar-refractivity contribution is 6.50. The summed E-state index contributed by atoms with van der Waals surface area (Å²) in [6.45, 7) is 0. The fourth-order valence-electron chi connectivity index (χ4n) is 1.13. The molecule has 0 spiro atoms. The molecule has 0 aromatic carbocycles. The molecule has 1 aliphatic carbocycles. The molecule has 0 heterocycles. The minimum atomic E-state index is -1.41. The summed E-state index contributed by atoms with van der Waals surface area (Å²) in [4.78, 5) is 0. The lowest BCUT2D eigenvalue weighted by Gasteiger charge is -2.21. The molecule has 0 aromatic heterocycles. The average molecular weight is 172 g/mol. The summed E-state index contributed by atoms with van der Waals surface area (Å²) in [6, 6.07) is 0. The zero-order valence-electron chi connectivity index (χ0n) is 7.25. The van der Waals surface area contributed by atoms with Gasteiger partial charge < -0.3 is 8.85 Å². The minimum absolute atomic E-state index is 0.815. The van der Waals surface area contributed by atoms with Gasteiger partial charge in [0, 0.05) is 14.2 Å². The molecule has 3 heteroatoms. The van der Waals surface area contributed by atoms with E-state index in [9.17, 15) is 0 Å². The second-order valence-corrected chi connectivity index (χ2v) is 4.98. The van der Waals surface area contributed by atoms with Crippen molar-refractivity contribution in [2.45, 2.75) is 19.3 Å². The van der Waals surface area contributed by atoms with Gasteiger partial charge in [-0.05, 0) is 24.5 Å². The molecule has 64 valence electrons. The van der Waals surface area contributed by atoms with Crippen LogP contribution in [0.15, 0.2) is 11.8 Å². The number of allylic oxidation sites excluding steroid dienone is 1. The van der Waals surface area contributed by atoms with E-state index in [0.29, 0.717) is 0 Å². The summed E-state index contributed by atoms with van der Waals surface area (Å²) in [5, 5.41) is 0. The predicted octanol–water partition coefficient (Wildman–Crippen LogP) is 1.40. The van der Waals surface area contributed by atoms with Crippen LogP contribution in [0.2, 0.25) is 0 Å². The first kappa shape index (κ1) is 8.97. The molecule has 0 unspecified atom stereocenters. The summed E-state index contributed by atoms with van der Waals surface area (Å²) in [6.07, 6.45) is 6.35. The van der Waals surface area contributed by atoms with E-state index >= 15 is 0 Å². The molecule has 0 saturated heterocycles. The fraction of sp³-hybridized carbons (Fsp3) is 0.750. The van der Waals surface area contributed by atoms with Gasteiger partial charge in [-0.25, -0.2) is 0 Å². The van der Waals surface area contributed by atoms with Gasteiger partial charge in [-0.3, -0.25) is 0 Å². The van der Waals surface area contributed by atoms with E-state index in [1.165, 1.54) is 19.3 Å². The van der Waals surface area contributed by atoms with Crippen molar-refractivity contribution in [3.63, 3.8) is 0 Å². The maximum atomic E-state index is 5.15. The number of hydrogen-bond donors (Lipinski definition) is 0. The lowest BCUT2D eigenvalue weighted by Crippen LogP contribution is -2.17. The minimum Gasteiger partial charge on any atom is -0.397 e. The number of rotatable bonds is 4. The van der Waals surface area contributed by atoms with Gasteiger partial charge in [-0.1, -0.05) is 12.5 Å². The Morgan fingerprint density at radius 3 is 2.27 bits per heavy atom. The molecule has 0 aromatic rings. The second kappa shape index (κ2) is 4.69. The second-order valence-electron chi connectivity index (χ2n) is 2.92. The summed E-state index contributed by atoms with van der Waals surface area (Å²) in [5.41, 5.74) is 2.13. The Labute approximate surface area is 70.0 Å². The van der Waals surface area contributed by atoms with Crippen molar-refractivity contribution in [2.75, 3.05) is 14.2 Å². The monoisotopic (exact) mass is 172 g/mol. The Kier molecular flexibility index (Phi) is 3.83. The summed E-state index contributed by atoms with van der Waals surface area (Å²) >= 11 is 0. The molecular formula is C8H16O2Si. The quantitative estimate of drug-likeness (QED) is 0.597. The molecule has 11 heavy (non-hydrogen) atoms. The third-order valence-corrected chi connectivity index (χ3v) is 3.62. The van der Waals surface area contributed by atoms with Gasteiger partial charge in [-0.15, -0.1) is 0 Å². The molecule has 2 nitrogen and oxygen atoms in total. The maximum Gasteiger partial charge on any atom is 0.347 e. The average Bonchev–Trinajstić information content (AvgIpc) is 1.95. The highest BCUT2D eigenvalue weighted by Gasteiger charge is 2.14. The van der Waals surface area contributed by atoms with Crippen molar-refractivity contribution < 1.29 is 8.85 Å². The molecule has 0 N–H and O–H groups in total. The SMILES string of the molecule is CO[SiH](C=CC1CCC1)OC. The highest BCUT2D eigenvalue weighted by atomic mass is 28.3. The lowest BCUT2D eigenvalue weighted by atomic mass is 9.86. The van der Waals surface area contributed by atoms with Gasteiger partial charge in [0.1, 0.15) is 0 Å². The van der Waals surface area contributed by atoms with Crippen LogP contribution >= 0.6 is 0 Å². The first-order chi connectivity index (χ1) is 5.36. The van der Waals surface area contributed by atoms with Crippen molar-refractivity contribution in [1.29, 1.82) is 0 Å². The van der Waals surface area contributed by atoms with E-state index in [2.05, 4.69) is 11.8 Å². The van der Waals surface area contributed by atoms with Gasteiger partial charge in [-0.2, -0.15) is 0 Å². The standard InChI is InChI=1S/C8H16O2Si/c1-9-11(10-2)7-6-8-4-3-5-8/h6-8,11H,3-5H2,1-2H3. The number of hydrogen-bond acceptors (Lipinski definition) is 2. The van der Waals surface area contributed by atoms with Gasteiger partial charge in [0.05, 0.1) is 0 Å². The van der Waals surface area contributed by atoms with E-state index in [-0.39, 0.29) is 0 Å². The molecule has 1 saturated carbocycles. The van der Waals surface area contributed by atoms with Crippen LogP contribution in [0.5, 0.6) is 0 Å². The van der Waals surface area contributed by atoms with Gasteiger partial charge >= 0.3 is 9.28 Å². The van der Waals surface area contributed by atoms with Crippen LogP contribution in [0, 0.1) is 5.92 Å². The van der Waals surface area contributed by atoms with Crippen molar-refractivity contribution in [3.8, 4) is 0 Å². The van der Waals surface area contributed by atoms with Crippen molar-refractivity contribution in [1.82, 2.24) is 0 Å². The largest absolute Gasteiger partial charge is 0.397 e. The Hall–Kier alpha value is -0.123. The summed E-state index contributed by atoms with van der Waals surface area (Å²) in [7, 11) is 2.02. The maximum absolute atomic E-state index is 5.15. The third kappa shape index (κ3) is 2.77. The van der Waals surface area contributed by atoms with Crippen LogP contribution in [0.1, 0.15) is 19.3 Å². The molecule has 0 amide bonds. The van der Waals surface area contributed by atoms with E-state index in [1.54, 1.807) is 14.2 Å². The summed E-state index contributed by atoms with van der Waals surface area (Å²) in [5.74, 6) is 0.815. The zero-order chi connectivity index (χ0) is 8.10. The van der Waals surface area contributed by atoms with Gasteiger partial charge in [0.2, 0.25) is 0 Å². The Morgan fingerprint density at radius 2 is 1.91 bits per heavy atom. The molecule has 1 aliphatic rings. The first-order valence-corrected chi connectivity index (χ1v) is 5.71. The predicted molar refractivity (Wildman–Crippen MR) is 47.6 cm³/mol. The van der Waals surface area contributed by atoms with Crippen LogP contribution in [0.3, 0.4) is 0 Å². The van der Waals surface area contributed by atoms with Crippen LogP contribution in [-0.4, -0.2) is 23.5 Å². The summed E-state index contributed by atoms with van der Waals surface area (Å²) < 4.78 is 10.3. The Bertz CT molecular complexity index is 128. The van der Waals surface area contributed by atoms with Gasteiger partial charge in [0.15, 0.2) is 0 Å². The van der Waals surface area contributed by atoms with Crippen LogP contribution in [0.4, 0.5) is 0 Å². The molecule has 0 radical (unpaired) electrons. The van der Waals surface area contributed by atoms with Crippen molar-refractivity contribution in [2.24, 2.45) is 5.92 Å². The van der Waals surface area contributed by atoms with Crippen molar-refractivity contribution in [3.05, 3.63) is 11.8 Å². The Morgan fingerprint density at radius 1 is 1.27 bits per heavy atom. The lowest BCUT2D eigenvalue weighted by molar-refractivity contribution is 0.289. The molecule has 1 fully saturated rings. The zero-order valence-corrected chi connectivity index (χ0v) is 8.40. The first-order valence-electron chi connectivity index (χ1n) is 4.10. The van der Waals surface area contributed by atoms with E-state index in [0.717, 1.165) is 5.92 Å². The van der Waals surface area contributed by atoms with Crippen LogP contribution < -0.4 is 0 Å². The smallest absolute Gasteiger partial charge is 0.347 e.